The molecular weight excluding hydrogens is 424 g/mol. The van der Waals surface area contributed by atoms with Crippen molar-refractivity contribution < 1.29 is 9.53 Å². The van der Waals surface area contributed by atoms with E-state index in [4.69, 9.17) is 22.1 Å². The second-order valence-electron chi connectivity index (χ2n) is 7.96. The van der Waals surface area contributed by atoms with Gasteiger partial charge >= 0.3 is 0 Å². The highest BCUT2D eigenvalue weighted by atomic mass is 35.5. The number of ether oxygens (including phenoxy) is 1. The monoisotopic (exact) mass is 442 g/mol. The van der Waals surface area contributed by atoms with Crippen LogP contribution in [0.25, 0.3) is 11.1 Å². The molecule has 2 aliphatic rings. The number of benzene rings is 3. The quantitative estimate of drug-likeness (QED) is 0.637. The Hall–Kier alpha value is -3.82. The summed E-state index contributed by atoms with van der Waals surface area (Å²) in [6, 6.07) is 22.6. The highest BCUT2D eigenvalue weighted by Gasteiger charge is 2.53. The largest absolute Gasteiger partial charge is 0.485 e. The summed E-state index contributed by atoms with van der Waals surface area (Å²) in [5.41, 5.74) is 8.77. The Balaban J connectivity index is 1.66. The summed E-state index contributed by atoms with van der Waals surface area (Å²) in [4.78, 5) is 19.5. The van der Waals surface area contributed by atoms with Gasteiger partial charge in [-0.1, -0.05) is 41.9 Å². The van der Waals surface area contributed by atoms with Gasteiger partial charge in [0.25, 0.3) is 5.91 Å². The molecule has 1 spiro atoms. The topological polar surface area (TPSA) is 91.7 Å². The molecule has 2 N–H and O–H groups in total. The molecule has 2 atom stereocenters. The van der Waals surface area contributed by atoms with Crippen molar-refractivity contribution in [3.8, 4) is 22.9 Å². The van der Waals surface area contributed by atoms with Gasteiger partial charge in [0.1, 0.15) is 11.9 Å². The van der Waals surface area contributed by atoms with E-state index >= 15 is 0 Å². The Kier molecular flexibility index (Phi) is 4.65. The third-order valence-electron chi connectivity index (χ3n) is 6.05. The molecule has 0 radical (unpaired) electrons. The molecule has 2 unspecified atom stereocenters. The van der Waals surface area contributed by atoms with Crippen LogP contribution in [0.3, 0.4) is 0 Å². The number of carbonyl (C=O) groups is 1. The standard InChI is InChI=1S/C25H19ClN4O2/c1-30-23(31)25(29-24(30)28)13-22(16-5-8-19(26)9-6-16)32-21-10-7-18(12-20(21)25)17-4-2-3-15(11-17)14-27/h2-12,22H,13H2,1H3,(H2,28,29). The number of rotatable bonds is 2. The lowest BCUT2D eigenvalue weighted by Crippen LogP contribution is -2.43. The zero-order valence-electron chi connectivity index (χ0n) is 17.2. The van der Waals surface area contributed by atoms with Crippen molar-refractivity contribution in [2.75, 3.05) is 7.05 Å². The van der Waals surface area contributed by atoms with E-state index in [-0.39, 0.29) is 18.0 Å². The van der Waals surface area contributed by atoms with Gasteiger partial charge in [0.15, 0.2) is 11.5 Å². The SMILES string of the molecule is CN1C(=O)C2(CC(c3ccc(Cl)cc3)Oc3ccc(-c4cccc(C#N)c4)cc32)N=C1N. The molecule has 0 fully saturated rings. The molecule has 0 aromatic heterocycles. The van der Waals surface area contributed by atoms with Gasteiger partial charge in [-0.25, -0.2) is 4.99 Å². The van der Waals surface area contributed by atoms with Crippen LogP contribution in [-0.2, 0) is 10.3 Å². The van der Waals surface area contributed by atoms with Crippen LogP contribution in [0.2, 0.25) is 5.02 Å². The van der Waals surface area contributed by atoms with E-state index in [1.54, 1.807) is 25.2 Å². The molecule has 32 heavy (non-hydrogen) atoms. The second-order valence-corrected chi connectivity index (χ2v) is 8.40. The van der Waals surface area contributed by atoms with Gasteiger partial charge < -0.3 is 10.5 Å². The average molecular weight is 443 g/mol. The number of nitrogens with zero attached hydrogens (tertiary/aromatic N) is 3. The zero-order chi connectivity index (χ0) is 22.5. The van der Waals surface area contributed by atoms with Crippen LogP contribution in [0, 0.1) is 11.3 Å². The summed E-state index contributed by atoms with van der Waals surface area (Å²) < 4.78 is 6.32. The normalized spacial score (nSPS) is 21.7. The minimum absolute atomic E-state index is 0.176. The minimum atomic E-state index is -1.18. The lowest BCUT2D eigenvalue weighted by atomic mass is 9.79. The first-order chi connectivity index (χ1) is 15.4. The fourth-order valence-electron chi connectivity index (χ4n) is 4.35. The summed E-state index contributed by atoms with van der Waals surface area (Å²) in [5, 5.41) is 9.88. The Bertz CT molecular complexity index is 1310. The van der Waals surface area contributed by atoms with Gasteiger partial charge in [-0.2, -0.15) is 5.26 Å². The molecular formula is C25H19ClN4O2. The third-order valence-corrected chi connectivity index (χ3v) is 6.30. The highest BCUT2D eigenvalue weighted by molar-refractivity contribution is 6.30. The maximum Gasteiger partial charge on any atom is 0.261 e. The Morgan fingerprint density at radius 1 is 1.16 bits per heavy atom. The lowest BCUT2D eigenvalue weighted by molar-refractivity contribution is -0.132. The smallest absolute Gasteiger partial charge is 0.261 e. The first-order valence-electron chi connectivity index (χ1n) is 10.1. The number of guanidine groups is 1. The number of likely N-dealkylation sites (N-methyl/N-ethyl adjacent to an activating group) is 1. The number of nitriles is 1. The molecule has 0 saturated heterocycles. The molecule has 2 aliphatic heterocycles. The number of nitrogens with two attached hydrogens (primary N) is 1. The van der Waals surface area contributed by atoms with Crippen LogP contribution in [0.4, 0.5) is 0 Å². The number of aliphatic imine (C=N–C) groups is 1. The molecule has 3 aromatic rings. The average Bonchev–Trinajstić information content (AvgIpc) is 3.03. The first-order valence-corrected chi connectivity index (χ1v) is 10.5. The van der Waals surface area contributed by atoms with Gasteiger partial charge in [-0.3, -0.25) is 9.69 Å². The maximum atomic E-state index is 13.4. The number of carbonyl (C=O) groups excluding carboxylic acids is 1. The molecule has 0 saturated carbocycles. The number of amides is 1. The molecule has 0 aliphatic carbocycles. The lowest BCUT2D eigenvalue weighted by Gasteiger charge is -2.37. The van der Waals surface area contributed by atoms with Gasteiger partial charge in [0.05, 0.1) is 11.6 Å². The van der Waals surface area contributed by atoms with Crippen LogP contribution in [-0.4, -0.2) is 23.8 Å². The maximum absolute atomic E-state index is 13.4. The summed E-state index contributed by atoms with van der Waals surface area (Å²) in [6.07, 6.45) is -0.0766. The van der Waals surface area contributed by atoms with Crippen LogP contribution in [0.5, 0.6) is 5.75 Å². The van der Waals surface area contributed by atoms with E-state index in [0.717, 1.165) is 16.7 Å². The fraction of sp³-hybridized carbons (Fsp3) is 0.160. The summed E-state index contributed by atoms with van der Waals surface area (Å²) >= 11 is 6.05. The van der Waals surface area contributed by atoms with Crippen LogP contribution in [0.15, 0.2) is 71.7 Å². The van der Waals surface area contributed by atoms with E-state index in [0.29, 0.717) is 28.3 Å². The van der Waals surface area contributed by atoms with Crippen LogP contribution < -0.4 is 10.5 Å². The number of halogens is 1. The van der Waals surface area contributed by atoms with Crippen molar-refractivity contribution in [1.82, 2.24) is 4.90 Å². The molecule has 1 amide bonds. The van der Waals surface area contributed by atoms with Crippen molar-refractivity contribution >= 4 is 23.5 Å². The fourth-order valence-corrected chi connectivity index (χ4v) is 4.47. The Morgan fingerprint density at radius 3 is 2.59 bits per heavy atom. The number of hydrogen-bond donors (Lipinski definition) is 1. The highest BCUT2D eigenvalue weighted by Crippen LogP contribution is 2.50. The molecule has 7 heteroatoms. The molecule has 5 rings (SSSR count). The van der Waals surface area contributed by atoms with E-state index in [1.165, 1.54) is 4.90 Å². The molecule has 6 nitrogen and oxygen atoms in total. The second kappa shape index (κ2) is 7.40. The number of hydrogen-bond acceptors (Lipinski definition) is 5. The Morgan fingerprint density at radius 2 is 1.91 bits per heavy atom. The predicted molar refractivity (Wildman–Crippen MR) is 122 cm³/mol. The van der Waals surface area contributed by atoms with E-state index in [1.807, 2.05) is 48.5 Å². The van der Waals surface area contributed by atoms with E-state index < -0.39 is 5.54 Å². The summed E-state index contributed by atoms with van der Waals surface area (Å²) in [7, 11) is 1.63. The van der Waals surface area contributed by atoms with Crippen LogP contribution >= 0.6 is 11.6 Å². The van der Waals surface area contributed by atoms with Gasteiger partial charge in [0.2, 0.25) is 0 Å². The molecule has 2 heterocycles. The van der Waals surface area contributed by atoms with Crippen molar-refractivity contribution in [1.29, 1.82) is 5.26 Å². The molecule has 158 valence electrons. The zero-order valence-corrected chi connectivity index (χ0v) is 18.0. The van der Waals surface area contributed by atoms with Gasteiger partial charge in [0, 0.05) is 24.1 Å². The van der Waals surface area contributed by atoms with Crippen LogP contribution in [0.1, 0.15) is 29.2 Å². The van der Waals surface area contributed by atoms with Crippen molar-refractivity contribution in [2.45, 2.75) is 18.1 Å². The first kappa shape index (κ1) is 20.1. The van der Waals surface area contributed by atoms with E-state index in [2.05, 4.69) is 11.1 Å². The molecule has 0 bridgehead atoms. The van der Waals surface area contributed by atoms with Crippen molar-refractivity contribution in [3.05, 3.63) is 88.4 Å². The van der Waals surface area contributed by atoms with Gasteiger partial charge in [-0.05, 0) is 53.1 Å². The van der Waals surface area contributed by atoms with Crippen molar-refractivity contribution in [2.24, 2.45) is 10.7 Å². The summed E-state index contributed by atoms with van der Waals surface area (Å²) in [5.74, 6) is 0.563. The minimum Gasteiger partial charge on any atom is -0.485 e. The van der Waals surface area contributed by atoms with E-state index in [9.17, 15) is 10.1 Å². The third kappa shape index (κ3) is 3.10. The van der Waals surface area contributed by atoms with Crippen molar-refractivity contribution in [3.63, 3.8) is 0 Å². The molecule has 3 aromatic carbocycles. The predicted octanol–water partition coefficient (Wildman–Crippen LogP) is 4.38. The summed E-state index contributed by atoms with van der Waals surface area (Å²) in [6.45, 7) is 0. The Labute approximate surface area is 190 Å². The van der Waals surface area contributed by atoms with Gasteiger partial charge in [-0.15, -0.1) is 0 Å². The number of fused-ring (bicyclic) bond motifs is 2.